The monoisotopic (exact) mass is 220 g/mol. The average Bonchev–Trinajstić information content (AvgIpc) is 1.80. The molecule has 0 saturated heterocycles. The Labute approximate surface area is 86.1 Å². The fraction of sp³-hybridized carbons (Fsp3) is 1.00. The lowest BCUT2D eigenvalue weighted by molar-refractivity contribution is 0.235. The Morgan fingerprint density at radius 1 is 0.846 bits per heavy atom. The Bertz CT molecular complexity index is 115. The quantitative estimate of drug-likeness (QED) is 0.638. The van der Waals surface area contributed by atoms with E-state index in [4.69, 9.17) is 8.85 Å². The molecule has 4 heteroatoms. The van der Waals surface area contributed by atoms with Crippen LogP contribution in [0.2, 0.25) is 18.8 Å². The van der Waals surface area contributed by atoms with Crippen molar-refractivity contribution in [3.8, 4) is 0 Å². The largest absolute Gasteiger partial charge is 0.418 e. The molecule has 80 valence electrons. The molecule has 0 radical (unpaired) electrons. The Hall–Kier alpha value is 0.354. The molecule has 0 heterocycles. The number of hydrogen-bond donors (Lipinski definition) is 0. The van der Waals surface area contributed by atoms with Gasteiger partial charge in [0, 0.05) is 12.2 Å². The maximum atomic E-state index is 5.80. The van der Waals surface area contributed by atoms with E-state index in [2.05, 4.69) is 40.8 Å². The first-order chi connectivity index (χ1) is 5.91. The molecule has 0 aliphatic rings. The molecule has 2 nitrogen and oxygen atoms in total. The molecule has 0 bridgehead atoms. The van der Waals surface area contributed by atoms with Gasteiger partial charge in [-0.2, -0.15) is 0 Å². The van der Waals surface area contributed by atoms with Crippen LogP contribution in [0.1, 0.15) is 27.7 Å². The van der Waals surface area contributed by atoms with Crippen molar-refractivity contribution >= 4 is 18.1 Å². The zero-order valence-corrected chi connectivity index (χ0v) is 12.1. The molecule has 0 saturated carbocycles. The Balaban J connectivity index is 3.58. The van der Waals surface area contributed by atoms with Crippen molar-refractivity contribution in [3.63, 3.8) is 0 Å². The SMILES string of the molecule is CC(C)O[SiH](C)C[SiH](C)OC(C)C. The zero-order chi connectivity index (χ0) is 10.4. The molecule has 13 heavy (non-hydrogen) atoms. The third kappa shape index (κ3) is 8.68. The highest BCUT2D eigenvalue weighted by Gasteiger charge is 2.15. The Morgan fingerprint density at radius 2 is 1.15 bits per heavy atom. The maximum absolute atomic E-state index is 5.80. The number of rotatable bonds is 6. The summed E-state index contributed by atoms with van der Waals surface area (Å²) in [6.45, 7) is 13.0. The van der Waals surface area contributed by atoms with E-state index in [1.165, 1.54) is 5.67 Å². The predicted molar refractivity (Wildman–Crippen MR) is 63.3 cm³/mol. The molecule has 0 aromatic carbocycles. The lowest BCUT2D eigenvalue weighted by atomic mass is 10.5. The van der Waals surface area contributed by atoms with E-state index >= 15 is 0 Å². The fourth-order valence-electron chi connectivity index (χ4n) is 1.51. The van der Waals surface area contributed by atoms with Gasteiger partial charge in [0.25, 0.3) is 0 Å². The van der Waals surface area contributed by atoms with Crippen molar-refractivity contribution in [1.82, 2.24) is 0 Å². The van der Waals surface area contributed by atoms with Gasteiger partial charge in [0.15, 0.2) is 18.1 Å². The summed E-state index contributed by atoms with van der Waals surface area (Å²) in [6, 6.07) is 0. The summed E-state index contributed by atoms with van der Waals surface area (Å²) >= 11 is 0. The Morgan fingerprint density at radius 3 is 1.38 bits per heavy atom. The third-order valence-corrected chi connectivity index (χ3v) is 9.00. The third-order valence-electron chi connectivity index (χ3n) is 1.67. The molecule has 0 rings (SSSR count). The summed E-state index contributed by atoms with van der Waals surface area (Å²) < 4.78 is 11.6. The van der Waals surface area contributed by atoms with Crippen molar-refractivity contribution in [3.05, 3.63) is 0 Å². The molecule has 2 atom stereocenters. The lowest BCUT2D eigenvalue weighted by Gasteiger charge is -2.20. The first kappa shape index (κ1) is 13.4. The maximum Gasteiger partial charge on any atom is 0.173 e. The van der Waals surface area contributed by atoms with Gasteiger partial charge in [0.05, 0.1) is 0 Å². The van der Waals surface area contributed by atoms with Crippen LogP contribution in [0.15, 0.2) is 0 Å². The highest BCUT2D eigenvalue weighted by atomic mass is 28.4. The second-order valence-electron chi connectivity index (χ2n) is 4.23. The predicted octanol–water partition coefficient (Wildman–Crippen LogP) is 2.08. The van der Waals surface area contributed by atoms with Gasteiger partial charge in [-0.15, -0.1) is 0 Å². The van der Waals surface area contributed by atoms with Gasteiger partial charge in [-0.25, -0.2) is 0 Å². The molecule has 0 spiro atoms. The van der Waals surface area contributed by atoms with E-state index in [-0.39, 0.29) is 0 Å². The first-order valence-electron chi connectivity index (χ1n) is 5.22. The molecule has 0 aromatic heterocycles. The van der Waals surface area contributed by atoms with Gasteiger partial charge in [-0.3, -0.25) is 0 Å². The van der Waals surface area contributed by atoms with E-state index in [1.54, 1.807) is 0 Å². The lowest BCUT2D eigenvalue weighted by Crippen LogP contribution is -2.28. The summed E-state index contributed by atoms with van der Waals surface area (Å²) in [5.74, 6) is 0. The van der Waals surface area contributed by atoms with Crippen LogP contribution in [-0.2, 0) is 8.85 Å². The van der Waals surface area contributed by atoms with Crippen LogP contribution in [-0.4, -0.2) is 30.3 Å². The minimum absolute atomic E-state index is 0.391. The summed E-state index contributed by atoms with van der Waals surface area (Å²) in [7, 11) is -1.88. The van der Waals surface area contributed by atoms with Gasteiger partial charge < -0.3 is 8.85 Å². The van der Waals surface area contributed by atoms with Crippen LogP contribution in [0.25, 0.3) is 0 Å². The second kappa shape index (κ2) is 6.76. The van der Waals surface area contributed by atoms with Crippen LogP contribution in [0, 0.1) is 0 Å². The van der Waals surface area contributed by atoms with Crippen molar-refractivity contribution in [2.45, 2.75) is 58.7 Å². The summed E-state index contributed by atoms with van der Waals surface area (Å²) in [6.07, 6.45) is 0.781. The second-order valence-corrected chi connectivity index (χ2v) is 9.90. The minimum atomic E-state index is -0.940. The summed E-state index contributed by atoms with van der Waals surface area (Å²) in [4.78, 5) is 0. The molecule has 0 N–H and O–H groups in total. The number of hydrogen-bond acceptors (Lipinski definition) is 2. The molecular formula is C9H24O2Si2. The molecule has 0 aliphatic carbocycles. The average molecular weight is 220 g/mol. The normalized spacial score (nSPS) is 16.6. The van der Waals surface area contributed by atoms with Gasteiger partial charge in [0.1, 0.15) is 0 Å². The highest BCUT2D eigenvalue weighted by molar-refractivity contribution is 6.69. The van der Waals surface area contributed by atoms with Gasteiger partial charge in [-0.05, 0) is 46.5 Å². The smallest absolute Gasteiger partial charge is 0.173 e. The highest BCUT2D eigenvalue weighted by Crippen LogP contribution is 2.05. The van der Waals surface area contributed by atoms with E-state index in [1.807, 2.05) is 0 Å². The van der Waals surface area contributed by atoms with E-state index in [9.17, 15) is 0 Å². The molecule has 0 fully saturated rings. The fourth-order valence-corrected chi connectivity index (χ4v) is 7.99. The van der Waals surface area contributed by atoms with Crippen LogP contribution >= 0.6 is 0 Å². The van der Waals surface area contributed by atoms with Crippen molar-refractivity contribution in [2.24, 2.45) is 0 Å². The van der Waals surface area contributed by atoms with Crippen molar-refractivity contribution < 1.29 is 8.85 Å². The van der Waals surface area contributed by atoms with Crippen LogP contribution in [0.3, 0.4) is 0 Å². The molecule has 0 aromatic rings. The van der Waals surface area contributed by atoms with Crippen LogP contribution in [0.5, 0.6) is 0 Å². The molecular weight excluding hydrogens is 196 g/mol. The summed E-state index contributed by atoms with van der Waals surface area (Å²) in [5, 5.41) is 0. The van der Waals surface area contributed by atoms with Crippen molar-refractivity contribution in [1.29, 1.82) is 0 Å². The molecule has 0 aliphatic heterocycles. The van der Waals surface area contributed by atoms with E-state index in [0.717, 1.165) is 0 Å². The van der Waals surface area contributed by atoms with Gasteiger partial charge in [0.2, 0.25) is 0 Å². The summed E-state index contributed by atoms with van der Waals surface area (Å²) in [5.41, 5.74) is 1.25. The first-order valence-corrected chi connectivity index (χ1v) is 10.1. The van der Waals surface area contributed by atoms with Crippen LogP contribution < -0.4 is 0 Å². The molecule has 2 unspecified atom stereocenters. The topological polar surface area (TPSA) is 18.5 Å². The van der Waals surface area contributed by atoms with E-state index < -0.39 is 18.1 Å². The van der Waals surface area contributed by atoms with Gasteiger partial charge in [-0.1, -0.05) is 0 Å². The Kier molecular flexibility index (Phi) is 6.94. The van der Waals surface area contributed by atoms with Crippen molar-refractivity contribution in [2.75, 3.05) is 0 Å². The minimum Gasteiger partial charge on any atom is -0.418 e. The zero-order valence-electron chi connectivity index (χ0n) is 9.83. The van der Waals surface area contributed by atoms with E-state index in [0.29, 0.717) is 12.2 Å². The standard InChI is InChI=1S/C9H24O2Si2/c1-8(2)10-12(5)7-13(6)11-9(3)4/h8-9,12-13H,7H2,1-6H3. The van der Waals surface area contributed by atoms with Gasteiger partial charge >= 0.3 is 0 Å². The molecule has 0 amide bonds. The van der Waals surface area contributed by atoms with Crippen LogP contribution in [0.4, 0.5) is 0 Å².